The molecule has 0 radical (unpaired) electrons. The molecule has 19 heteroatoms. The first kappa shape index (κ1) is 52.5. The highest BCUT2D eigenvalue weighted by Crippen LogP contribution is 2.43. The van der Waals surface area contributed by atoms with E-state index in [4.69, 9.17) is 71.8 Å². The Morgan fingerprint density at radius 3 is 1.35 bits per heavy atom. The fourth-order valence-corrected chi connectivity index (χ4v) is 10.9. The van der Waals surface area contributed by atoms with Crippen LogP contribution in [0.3, 0.4) is 0 Å². The van der Waals surface area contributed by atoms with Crippen LogP contribution in [0.5, 0.6) is 0 Å². The van der Waals surface area contributed by atoms with Gasteiger partial charge in [0.05, 0.1) is 81.4 Å². The van der Waals surface area contributed by atoms with Crippen molar-refractivity contribution < 1.29 is 76.5 Å². The molecule has 0 aromatic rings. The first-order chi connectivity index (χ1) is 31.2. The number of azide groups is 1. The lowest BCUT2D eigenvalue weighted by Crippen LogP contribution is -2.60. The van der Waals surface area contributed by atoms with Crippen LogP contribution in [0.25, 0.3) is 10.4 Å². The molecule has 380 valence electrons. The average molecular weight is 944 g/mol. The van der Waals surface area contributed by atoms with Crippen LogP contribution in [0.15, 0.2) is 5.11 Å². The molecule has 0 spiro atoms. The van der Waals surface area contributed by atoms with Crippen molar-refractivity contribution in [3.8, 4) is 0 Å². The van der Waals surface area contributed by atoms with Gasteiger partial charge >= 0.3 is 0 Å². The largest absolute Gasteiger partial charge is 0.385 e. The van der Waals surface area contributed by atoms with Crippen molar-refractivity contribution in [1.82, 2.24) is 0 Å². The zero-order valence-electron chi connectivity index (χ0n) is 41.6. The Labute approximate surface area is 391 Å². The van der Waals surface area contributed by atoms with Gasteiger partial charge in [-0.15, -0.1) is 0 Å². The van der Waals surface area contributed by atoms with Crippen LogP contribution in [-0.2, 0) is 66.3 Å². The summed E-state index contributed by atoms with van der Waals surface area (Å²) in [6.07, 6.45) is -10.6. The SMILES string of the molecule is CC1O[C@@H](OCCN=[N+]=[N-])C(C)[C@@H](O[C@H]2OC[C@@H](C)[C@H](O[C@@H]3OC(C)[C@@H](C)[C@H](O[C@H]4OC[C@@H](C)[C@H](O[C@@H]5OC(C)[C@@H](C)[C@H](O[C@H]6OC[C@@H](C)[C@@H]7OC(C)(C)OC67)C5C)C4O)C3C)C2O)[C@@H]1C. The number of ether oxygens (including phenoxy) is 14. The van der Waals surface area contributed by atoms with Crippen LogP contribution in [-0.4, -0.2) is 160 Å². The highest BCUT2D eigenvalue weighted by Gasteiger charge is 2.55. The van der Waals surface area contributed by atoms with Gasteiger partial charge in [-0.05, 0) is 40.1 Å². The van der Waals surface area contributed by atoms with Crippen molar-refractivity contribution in [3.05, 3.63) is 10.4 Å². The molecule has 2 N–H and O–H groups in total. The maximum absolute atomic E-state index is 12.0. The molecule has 0 saturated carbocycles. The summed E-state index contributed by atoms with van der Waals surface area (Å²) in [6, 6.07) is 0. The predicted octanol–water partition coefficient (Wildman–Crippen LogP) is 5.51. The first-order valence-electron chi connectivity index (χ1n) is 24.6. The van der Waals surface area contributed by atoms with E-state index in [0.717, 1.165) is 0 Å². The fourth-order valence-electron chi connectivity index (χ4n) is 10.9. The molecule has 7 fully saturated rings. The van der Waals surface area contributed by atoms with Gasteiger partial charge in [0, 0.05) is 64.7 Å². The lowest BCUT2D eigenvalue weighted by Gasteiger charge is -2.50. The number of hydrogen-bond donors (Lipinski definition) is 2. The van der Waals surface area contributed by atoms with E-state index in [2.05, 4.69) is 30.8 Å². The maximum Gasteiger partial charge on any atom is 0.186 e. The van der Waals surface area contributed by atoms with Crippen molar-refractivity contribution in [2.45, 2.75) is 214 Å². The molecular formula is C47H81N3O16. The third-order valence-electron chi connectivity index (χ3n) is 15.6. The van der Waals surface area contributed by atoms with E-state index in [1.807, 2.05) is 76.2 Å². The first-order valence-corrected chi connectivity index (χ1v) is 24.6. The molecular weight excluding hydrogens is 863 g/mol. The van der Waals surface area contributed by atoms with Gasteiger partial charge in [0.25, 0.3) is 0 Å². The summed E-state index contributed by atoms with van der Waals surface area (Å²) < 4.78 is 89.8. The number of hydrogen-bond acceptors (Lipinski definition) is 17. The second kappa shape index (κ2) is 22.0. The summed E-state index contributed by atoms with van der Waals surface area (Å²) in [4.78, 5) is 2.79. The van der Waals surface area contributed by atoms with E-state index in [0.29, 0.717) is 19.8 Å². The van der Waals surface area contributed by atoms with Gasteiger partial charge in [-0.1, -0.05) is 67.4 Å². The maximum atomic E-state index is 12.0. The summed E-state index contributed by atoms with van der Waals surface area (Å²) in [5, 5.41) is 27.4. The topological polar surface area (TPSA) is 218 Å². The van der Waals surface area contributed by atoms with Crippen molar-refractivity contribution in [2.75, 3.05) is 33.0 Å². The third kappa shape index (κ3) is 11.2. The zero-order valence-corrected chi connectivity index (χ0v) is 41.6. The van der Waals surface area contributed by atoms with Gasteiger partial charge in [0.15, 0.2) is 43.5 Å². The summed E-state index contributed by atoms with van der Waals surface area (Å²) in [5.74, 6) is -1.85. The van der Waals surface area contributed by atoms with Gasteiger partial charge in [-0.3, -0.25) is 0 Å². The zero-order chi connectivity index (χ0) is 47.9. The van der Waals surface area contributed by atoms with Gasteiger partial charge in [-0.2, -0.15) is 0 Å². The van der Waals surface area contributed by atoms with Gasteiger partial charge in [-0.25, -0.2) is 0 Å². The van der Waals surface area contributed by atoms with Crippen molar-refractivity contribution >= 4 is 0 Å². The van der Waals surface area contributed by atoms with Crippen LogP contribution in [0.4, 0.5) is 0 Å². The van der Waals surface area contributed by atoms with Crippen LogP contribution >= 0.6 is 0 Å². The predicted molar refractivity (Wildman–Crippen MR) is 235 cm³/mol. The number of aliphatic hydroxyl groups is 2. The molecule has 0 aliphatic carbocycles. The van der Waals surface area contributed by atoms with E-state index in [9.17, 15) is 10.2 Å². The summed E-state index contributed by atoms with van der Waals surface area (Å²) in [7, 11) is 0. The molecule has 7 saturated heterocycles. The molecule has 7 aliphatic heterocycles. The van der Waals surface area contributed by atoms with Crippen LogP contribution in [0.1, 0.15) is 96.9 Å². The van der Waals surface area contributed by atoms with Gasteiger partial charge < -0.3 is 76.5 Å². The second-order valence-electron chi connectivity index (χ2n) is 21.2. The molecule has 0 aromatic heterocycles. The summed E-state index contributed by atoms with van der Waals surface area (Å²) in [5.41, 5.74) is 8.66. The Balaban J connectivity index is 0.980. The Morgan fingerprint density at radius 2 is 0.879 bits per heavy atom. The third-order valence-corrected chi connectivity index (χ3v) is 15.6. The van der Waals surface area contributed by atoms with E-state index in [-0.39, 0.29) is 109 Å². The van der Waals surface area contributed by atoms with E-state index in [1.54, 1.807) is 0 Å². The number of aliphatic hydroxyl groups excluding tert-OH is 2. The quantitative estimate of drug-likeness (QED) is 0.0950. The number of rotatable bonds is 14. The van der Waals surface area contributed by atoms with Gasteiger partial charge in [0.2, 0.25) is 0 Å². The minimum atomic E-state index is -1.14. The Morgan fingerprint density at radius 1 is 0.500 bits per heavy atom. The molecule has 7 heterocycles. The van der Waals surface area contributed by atoms with Crippen molar-refractivity contribution in [3.63, 3.8) is 0 Å². The van der Waals surface area contributed by atoms with E-state index in [1.165, 1.54) is 0 Å². The van der Waals surface area contributed by atoms with Crippen LogP contribution < -0.4 is 0 Å². The highest BCUT2D eigenvalue weighted by atomic mass is 16.8. The van der Waals surface area contributed by atoms with E-state index >= 15 is 0 Å². The monoisotopic (exact) mass is 944 g/mol. The molecule has 27 atom stereocenters. The highest BCUT2D eigenvalue weighted by molar-refractivity contribution is 4.95. The normalized spacial score (nSPS) is 52.0. The lowest BCUT2D eigenvalue weighted by molar-refractivity contribution is -0.364. The number of nitrogens with zero attached hydrogens (tertiary/aromatic N) is 3. The average Bonchev–Trinajstić information content (AvgIpc) is 3.61. The fraction of sp³-hybridized carbons (Fsp3) is 1.00. The smallest absolute Gasteiger partial charge is 0.186 e. The molecule has 7 rings (SSSR count). The molecule has 9 unspecified atom stereocenters. The Bertz CT molecular complexity index is 1610. The molecule has 0 aromatic carbocycles. The molecule has 7 aliphatic rings. The lowest BCUT2D eigenvalue weighted by atomic mass is 9.85. The second-order valence-corrected chi connectivity index (χ2v) is 21.2. The van der Waals surface area contributed by atoms with Crippen molar-refractivity contribution in [2.24, 2.45) is 58.4 Å². The standard InChI is InChI=1S/C47H81N3O16/c1-20-17-54-44(62-37-23(4)29(10)57-41(26(37)7)53-16-15-49-50-48)32(51)34(20)60-42-27(8)38(24(5)30(11)58-42)63-45-33(52)35(21(2)18-55-45)61-43-28(9)39(25(6)31(12)59-43)64-46-40-36(22(3)19-56-46)65-47(13,14)66-40/h20-46,51-52H,15-19H2,1-14H3/t20-,21-,22-,23-,24-,25-,26?,27?,28?,29?,30?,31?,32?,33?,34+,35+,36+,37+,38+,39+,40?,41-,42+,43+,44-,45-,46-/m1/s1. The molecule has 66 heavy (non-hydrogen) atoms. The molecule has 19 nitrogen and oxygen atoms in total. The molecule has 0 bridgehead atoms. The summed E-state index contributed by atoms with van der Waals surface area (Å²) in [6.45, 7) is 29.5. The Kier molecular flexibility index (Phi) is 17.5. The van der Waals surface area contributed by atoms with Gasteiger partial charge in [0.1, 0.15) is 18.3 Å². The molecule has 0 amide bonds. The minimum Gasteiger partial charge on any atom is -0.385 e. The minimum absolute atomic E-state index is 0.0150. The summed E-state index contributed by atoms with van der Waals surface area (Å²) >= 11 is 0. The Hall–Kier alpha value is -1.33. The van der Waals surface area contributed by atoms with E-state index < -0.39 is 74.0 Å². The van der Waals surface area contributed by atoms with Crippen LogP contribution in [0, 0.1) is 53.3 Å². The number of fused-ring (bicyclic) bond motifs is 1. The van der Waals surface area contributed by atoms with Crippen LogP contribution in [0.2, 0.25) is 0 Å². The van der Waals surface area contributed by atoms with Crippen molar-refractivity contribution in [1.29, 1.82) is 0 Å².